The molecule has 2 aliphatic rings. The molecule has 2 aromatic rings. The second kappa shape index (κ2) is 6.05. The Kier molecular flexibility index (Phi) is 3.95. The lowest BCUT2D eigenvalue weighted by Crippen LogP contribution is -2.33. The molecule has 2 saturated heterocycles. The molecule has 8 heteroatoms. The number of nitrogens with zero attached hydrogens (tertiary/aromatic N) is 2. The second-order valence-electron chi connectivity index (χ2n) is 6.02. The van der Waals surface area contributed by atoms with E-state index in [0.29, 0.717) is 17.0 Å². The zero-order chi connectivity index (χ0) is 18.5. The fourth-order valence-corrected chi connectivity index (χ4v) is 4.61. The van der Waals surface area contributed by atoms with Gasteiger partial charge < -0.3 is 0 Å². The van der Waals surface area contributed by atoms with Crippen molar-refractivity contribution in [2.45, 2.75) is 17.6 Å². The molecule has 2 aromatic carbocycles. The Balaban J connectivity index is 1.63. The summed E-state index contributed by atoms with van der Waals surface area (Å²) in [5.74, 6) is 0.114. The van der Waals surface area contributed by atoms with Crippen LogP contribution in [0, 0.1) is 0 Å². The van der Waals surface area contributed by atoms with Gasteiger partial charge in [-0.05, 0) is 29.8 Å². The van der Waals surface area contributed by atoms with E-state index < -0.39 is 29.2 Å². The number of amides is 3. The molecule has 4 nitrogen and oxygen atoms in total. The first kappa shape index (κ1) is 17.0. The number of hydrogen-bond donors (Lipinski definition) is 0. The van der Waals surface area contributed by atoms with E-state index in [9.17, 15) is 22.8 Å². The Bertz CT molecular complexity index is 855. The van der Waals surface area contributed by atoms with Crippen molar-refractivity contribution in [2.75, 3.05) is 10.7 Å². The minimum atomic E-state index is -4.41. The molecule has 2 heterocycles. The maximum atomic E-state index is 12.8. The summed E-state index contributed by atoms with van der Waals surface area (Å²) in [6.45, 7) is 0. The van der Waals surface area contributed by atoms with E-state index in [1.165, 1.54) is 28.8 Å². The molecule has 0 spiro atoms. The monoisotopic (exact) mass is 378 g/mol. The summed E-state index contributed by atoms with van der Waals surface area (Å²) in [4.78, 5) is 28.1. The van der Waals surface area contributed by atoms with Gasteiger partial charge in [0.2, 0.25) is 0 Å². The van der Waals surface area contributed by atoms with Gasteiger partial charge in [0.15, 0.2) is 0 Å². The summed E-state index contributed by atoms with van der Waals surface area (Å²) >= 11 is 1.38. The van der Waals surface area contributed by atoms with Gasteiger partial charge in [0.1, 0.15) is 11.4 Å². The van der Waals surface area contributed by atoms with E-state index in [4.69, 9.17) is 0 Å². The molecular weight excluding hydrogens is 365 g/mol. The van der Waals surface area contributed by atoms with E-state index in [1.807, 2.05) is 0 Å². The van der Waals surface area contributed by atoms with Gasteiger partial charge in [0, 0.05) is 5.75 Å². The van der Waals surface area contributed by atoms with Crippen molar-refractivity contribution >= 4 is 29.4 Å². The molecule has 2 atom stereocenters. The molecule has 0 bridgehead atoms. The van der Waals surface area contributed by atoms with Gasteiger partial charge in [-0.25, -0.2) is 9.69 Å². The minimum absolute atomic E-state index is 0.303. The smallest absolute Gasteiger partial charge is 0.295 e. The highest BCUT2D eigenvalue weighted by atomic mass is 32.2. The number of imide groups is 1. The predicted octanol–water partition coefficient (Wildman–Crippen LogP) is 4.29. The van der Waals surface area contributed by atoms with Crippen LogP contribution in [-0.4, -0.2) is 28.6 Å². The fraction of sp³-hybridized carbons (Fsp3) is 0.222. The van der Waals surface area contributed by atoms with Crippen molar-refractivity contribution < 1.29 is 22.8 Å². The quantitative estimate of drug-likeness (QED) is 0.732. The van der Waals surface area contributed by atoms with Gasteiger partial charge in [-0.15, -0.1) is 11.8 Å². The van der Waals surface area contributed by atoms with Gasteiger partial charge in [0.25, 0.3) is 5.91 Å². The standard InChI is InChI=1S/C18H13F3N2O2S/c19-18(20,21)12-8-6-11(7-9-12)16-23-14(10-26-16)15(24)22(17(23)25)13-4-2-1-3-5-13/h1-9,14,16H,10H2/t14-,16-/m1/s1. The van der Waals surface area contributed by atoms with Crippen LogP contribution in [0.5, 0.6) is 0 Å². The van der Waals surface area contributed by atoms with Gasteiger partial charge in [-0.3, -0.25) is 9.69 Å². The molecule has 0 aliphatic carbocycles. The zero-order valence-corrected chi connectivity index (χ0v) is 14.1. The first-order valence-corrected chi connectivity index (χ1v) is 8.93. The normalized spacial score (nSPS) is 22.9. The number of benzene rings is 2. The molecular formula is C18H13F3N2O2S. The number of carbonyl (C=O) groups is 2. The molecule has 2 aliphatic heterocycles. The van der Waals surface area contributed by atoms with Gasteiger partial charge in [-0.2, -0.15) is 13.2 Å². The van der Waals surface area contributed by atoms with Crippen molar-refractivity contribution in [2.24, 2.45) is 0 Å². The topological polar surface area (TPSA) is 40.6 Å². The van der Waals surface area contributed by atoms with Crippen LogP contribution in [0.1, 0.15) is 16.5 Å². The lowest BCUT2D eigenvalue weighted by Gasteiger charge is -2.23. The van der Waals surface area contributed by atoms with Crippen molar-refractivity contribution in [3.05, 3.63) is 65.7 Å². The SMILES string of the molecule is O=C1[C@H]2CS[C@H](c3ccc(C(F)(F)F)cc3)N2C(=O)N1c1ccccc1. The van der Waals surface area contributed by atoms with E-state index in [0.717, 1.165) is 17.0 Å². The summed E-state index contributed by atoms with van der Waals surface area (Å²) in [6.07, 6.45) is -4.41. The first-order chi connectivity index (χ1) is 12.4. The fourth-order valence-electron chi connectivity index (χ4n) is 3.20. The second-order valence-corrected chi connectivity index (χ2v) is 7.13. The predicted molar refractivity (Wildman–Crippen MR) is 91.6 cm³/mol. The summed E-state index contributed by atoms with van der Waals surface area (Å²) < 4.78 is 38.2. The highest BCUT2D eigenvalue weighted by molar-refractivity contribution is 7.99. The van der Waals surface area contributed by atoms with E-state index in [1.54, 1.807) is 30.3 Å². The highest BCUT2D eigenvalue weighted by Crippen LogP contribution is 2.46. The van der Waals surface area contributed by atoms with E-state index in [-0.39, 0.29) is 5.91 Å². The molecule has 0 saturated carbocycles. The van der Waals surface area contributed by atoms with Crippen LogP contribution in [0.3, 0.4) is 0 Å². The first-order valence-electron chi connectivity index (χ1n) is 7.88. The Morgan fingerprint density at radius 3 is 2.23 bits per heavy atom. The Labute approximate surface area is 151 Å². The number of anilines is 1. The maximum Gasteiger partial charge on any atom is 0.416 e. The van der Waals surface area contributed by atoms with Crippen LogP contribution < -0.4 is 4.90 Å². The molecule has 0 aromatic heterocycles. The highest BCUT2D eigenvalue weighted by Gasteiger charge is 2.53. The molecule has 0 N–H and O–H groups in total. The van der Waals surface area contributed by atoms with Gasteiger partial charge in [0.05, 0.1) is 11.3 Å². The Morgan fingerprint density at radius 2 is 1.62 bits per heavy atom. The number of alkyl halides is 3. The van der Waals surface area contributed by atoms with E-state index in [2.05, 4.69) is 0 Å². The van der Waals surface area contributed by atoms with Crippen LogP contribution in [0.4, 0.5) is 23.7 Å². The number of halogens is 3. The number of urea groups is 1. The Hall–Kier alpha value is -2.48. The van der Waals surface area contributed by atoms with E-state index >= 15 is 0 Å². The number of hydrogen-bond acceptors (Lipinski definition) is 3. The van der Waals surface area contributed by atoms with Gasteiger partial charge in [-0.1, -0.05) is 30.3 Å². The summed E-state index contributed by atoms with van der Waals surface area (Å²) in [6, 6.07) is 12.3. The van der Waals surface area contributed by atoms with Crippen molar-refractivity contribution in [1.82, 2.24) is 4.90 Å². The number of rotatable bonds is 2. The third-order valence-electron chi connectivity index (χ3n) is 4.46. The molecule has 134 valence electrons. The lowest BCUT2D eigenvalue weighted by molar-refractivity contribution is -0.137. The largest absolute Gasteiger partial charge is 0.416 e. The summed E-state index contributed by atoms with van der Waals surface area (Å²) in [7, 11) is 0. The van der Waals surface area contributed by atoms with Crippen LogP contribution in [-0.2, 0) is 11.0 Å². The zero-order valence-electron chi connectivity index (χ0n) is 13.3. The number of para-hydroxylation sites is 1. The third kappa shape index (κ3) is 2.65. The van der Waals surface area contributed by atoms with Crippen molar-refractivity contribution in [3.8, 4) is 0 Å². The minimum Gasteiger partial charge on any atom is -0.295 e. The van der Waals surface area contributed by atoms with Crippen LogP contribution >= 0.6 is 11.8 Å². The maximum absolute atomic E-state index is 12.8. The molecule has 0 unspecified atom stereocenters. The van der Waals surface area contributed by atoms with Gasteiger partial charge >= 0.3 is 12.2 Å². The van der Waals surface area contributed by atoms with Crippen LogP contribution in [0.15, 0.2) is 54.6 Å². The Morgan fingerprint density at radius 1 is 0.962 bits per heavy atom. The van der Waals surface area contributed by atoms with Crippen molar-refractivity contribution in [3.63, 3.8) is 0 Å². The molecule has 3 amide bonds. The summed E-state index contributed by atoms with van der Waals surface area (Å²) in [5.41, 5.74) is 0.324. The third-order valence-corrected chi connectivity index (χ3v) is 5.78. The molecule has 26 heavy (non-hydrogen) atoms. The van der Waals surface area contributed by atoms with Crippen LogP contribution in [0.25, 0.3) is 0 Å². The summed E-state index contributed by atoms with van der Waals surface area (Å²) in [5, 5.41) is -0.479. The number of fused-ring (bicyclic) bond motifs is 1. The number of carbonyl (C=O) groups excluding carboxylic acids is 2. The lowest BCUT2D eigenvalue weighted by atomic mass is 10.1. The van der Waals surface area contributed by atoms with Crippen molar-refractivity contribution in [1.29, 1.82) is 0 Å². The average molecular weight is 378 g/mol. The molecule has 0 radical (unpaired) electrons. The number of thioether (sulfide) groups is 1. The molecule has 4 rings (SSSR count). The van der Waals surface area contributed by atoms with Crippen LogP contribution in [0.2, 0.25) is 0 Å². The average Bonchev–Trinajstić information content (AvgIpc) is 3.16. The molecule has 2 fully saturated rings.